The lowest BCUT2D eigenvalue weighted by molar-refractivity contribution is -0.117. The summed E-state index contributed by atoms with van der Waals surface area (Å²) in [5.41, 5.74) is 7.08. The van der Waals surface area contributed by atoms with Crippen LogP contribution in [-0.4, -0.2) is 45.4 Å². The number of para-hydroxylation sites is 1. The van der Waals surface area contributed by atoms with Gasteiger partial charge in [-0.2, -0.15) is 0 Å². The zero-order valence-corrected chi connectivity index (χ0v) is 16.3. The van der Waals surface area contributed by atoms with E-state index in [1.54, 1.807) is 15.8 Å². The highest BCUT2D eigenvalue weighted by Crippen LogP contribution is 2.27. The highest BCUT2D eigenvalue weighted by atomic mass is 35.5. The standard InChI is InChI=1S/C19H24N6O2.ClH/c20-13-6-8-16(9-7-13)25-12-17(22-23-25)19(27)21-14-10-18(26)24(11-14)15-4-2-1-3-5-15;/h1-5,12-14,16H,6-11,20H2,(H,21,27);1H. The number of nitrogens with one attached hydrogen (secondary N) is 1. The maximum Gasteiger partial charge on any atom is 0.273 e. The van der Waals surface area contributed by atoms with E-state index in [1.165, 1.54) is 0 Å². The molecule has 28 heavy (non-hydrogen) atoms. The summed E-state index contributed by atoms with van der Waals surface area (Å²) in [4.78, 5) is 26.5. The summed E-state index contributed by atoms with van der Waals surface area (Å²) < 4.78 is 1.77. The summed E-state index contributed by atoms with van der Waals surface area (Å²) in [7, 11) is 0. The Hall–Kier alpha value is -2.45. The summed E-state index contributed by atoms with van der Waals surface area (Å²) in [6, 6.07) is 9.76. The van der Waals surface area contributed by atoms with E-state index >= 15 is 0 Å². The summed E-state index contributed by atoms with van der Waals surface area (Å²) in [5.74, 6) is -0.282. The van der Waals surface area contributed by atoms with Gasteiger partial charge < -0.3 is 16.0 Å². The number of hydrogen-bond acceptors (Lipinski definition) is 5. The molecule has 2 aromatic rings. The second-order valence-electron chi connectivity index (χ2n) is 7.37. The van der Waals surface area contributed by atoms with E-state index in [0.717, 1.165) is 31.4 Å². The second-order valence-corrected chi connectivity index (χ2v) is 7.37. The molecule has 3 N–H and O–H groups in total. The van der Waals surface area contributed by atoms with Crippen LogP contribution in [0.4, 0.5) is 5.69 Å². The van der Waals surface area contributed by atoms with Crippen molar-refractivity contribution in [3.8, 4) is 0 Å². The van der Waals surface area contributed by atoms with E-state index < -0.39 is 0 Å². The minimum Gasteiger partial charge on any atom is -0.346 e. The van der Waals surface area contributed by atoms with Gasteiger partial charge in [0.1, 0.15) is 0 Å². The van der Waals surface area contributed by atoms with Crippen LogP contribution in [0.15, 0.2) is 36.5 Å². The highest BCUT2D eigenvalue weighted by Gasteiger charge is 2.32. The van der Waals surface area contributed by atoms with Crippen molar-refractivity contribution in [1.29, 1.82) is 0 Å². The molecule has 1 aliphatic carbocycles. The number of anilines is 1. The fourth-order valence-corrected chi connectivity index (χ4v) is 3.85. The summed E-state index contributed by atoms with van der Waals surface area (Å²) in [6.45, 7) is 0.462. The molecule has 1 saturated carbocycles. The molecule has 1 atom stereocenters. The molecule has 1 unspecified atom stereocenters. The van der Waals surface area contributed by atoms with Crippen molar-refractivity contribution in [2.75, 3.05) is 11.4 Å². The van der Waals surface area contributed by atoms with Crippen LogP contribution >= 0.6 is 12.4 Å². The zero-order valence-electron chi connectivity index (χ0n) is 15.5. The first-order valence-corrected chi connectivity index (χ1v) is 9.44. The molecule has 150 valence electrons. The molecule has 0 bridgehead atoms. The Morgan fingerprint density at radius 2 is 1.86 bits per heavy atom. The van der Waals surface area contributed by atoms with Crippen molar-refractivity contribution in [2.45, 2.75) is 50.2 Å². The predicted molar refractivity (Wildman–Crippen MR) is 107 cm³/mol. The molecule has 8 nitrogen and oxygen atoms in total. The van der Waals surface area contributed by atoms with Gasteiger partial charge in [-0.25, -0.2) is 4.68 Å². The summed E-state index contributed by atoms with van der Waals surface area (Å²) in [5, 5.41) is 11.1. The smallest absolute Gasteiger partial charge is 0.273 e. The average Bonchev–Trinajstić information content (AvgIpc) is 3.30. The van der Waals surface area contributed by atoms with Gasteiger partial charge in [-0.15, -0.1) is 17.5 Å². The third-order valence-electron chi connectivity index (χ3n) is 5.39. The van der Waals surface area contributed by atoms with Crippen molar-refractivity contribution in [2.24, 2.45) is 5.73 Å². The van der Waals surface area contributed by atoms with Crippen LogP contribution in [0.3, 0.4) is 0 Å². The number of nitrogens with zero attached hydrogens (tertiary/aromatic N) is 4. The Labute approximate surface area is 169 Å². The van der Waals surface area contributed by atoms with Crippen molar-refractivity contribution in [1.82, 2.24) is 20.3 Å². The quantitative estimate of drug-likeness (QED) is 0.806. The van der Waals surface area contributed by atoms with Gasteiger partial charge in [-0.3, -0.25) is 9.59 Å². The molecule has 2 aliphatic rings. The SMILES string of the molecule is Cl.NC1CCC(n2cc(C(=O)NC3CC(=O)N(c4ccccc4)C3)nn2)CC1. The molecule has 2 heterocycles. The van der Waals surface area contributed by atoms with Crippen LogP contribution < -0.4 is 16.0 Å². The third kappa shape index (κ3) is 4.34. The number of carbonyl (C=O) groups excluding carboxylic acids is 2. The second kappa shape index (κ2) is 8.70. The fourth-order valence-electron chi connectivity index (χ4n) is 3.85. The molecule has 9 heteroatoms. The number of nitrogens with two attached hydrogens (primary N) is 1. The average molecular weight is 405 g/mol. The molecule has 2 amide bonds. The van der Waals surface area contributed by atoms with Gasteiger partial charge in [0.05, 0.1) is 18.3 Å². The lowest BCUT2D eigenvalue weighted by Gasteiger charge is -2.25. The molecule has 1 aromatic carbocycles. The Bertz CT molecular complexity index is 819. The van der Waals surface area contributed by atoms with Crippen LogP contribution in [0.25, 0.3) is 0 Å². The van der Waals surface area contributed by atoms with E-state index in [9.17, 15) is 9.59 Å². The molecular weight excluding hydrogens is 380 g/mol. The zero-order chi connectivity index (χ0) is 18.8. The first-order valence-electron chi connectivity index (χ1n) is 9.44. The first-order chi connectivity index (χ1) is 13.1. The number of hydrogen-bond donors (Lipinski definition) is 2. The molecular formula is C19H25ClN6O2. The monoisotopic (exact) mass is 404 g/mol. The largest absolute Gasteiger partial charge is 0.346 e. The number of benzene rings is 1. The lowest BCUT2D eigenvalue weighted by Crippen LogP contribution is -2.37. The van der Waals surface area contributed by atoms with Gasteiger partial charge in [-0.05, 0) is 37.8 Å². The topological polar surface area (TPSA) is 106 Å². The normalized spacial score (nSPS) is 24.7. The minimum absolute atomic E-state index is 0. The van der Waals surface area contributed by atoms with E-state index in [1.807, 2.05) is 30.3 Å². The molecule has 2 fully saturated rings. The maximum atomic E-state index is 12.5. The number of carbonyl (C=O) groups is 2. The molecule has 0 radical (unpaired) electrons. The molecule has 0 spiro atoms. The summed E-state index contributed by atoms with van der Waals surface area (Å²) >= 11 is 0. The van der Waals surface area contributed by atoms with Crippen molar-refractivity contribution in [3.63, 3.8) is 0 Å². The minimum atomic E-state index is -0.290. The van der Waals surface area contributed by atoms with Crippen LogP contribution in [0.1, 0.15) is 48.6 Å². The van der Waals surface area contributed by atoms with Gasteiger partial charge in [0.25, 0.3) is 5.91 Å². The Morgan fingerprint density at radius 3 is 2.57 bits per heavy atom. The fraction of sp³-hybridized carbons (Fsp3) is 0.474. The first kappa shape index (κ1) is 20.3. The highest BCUT2D eigenvalue weighted by molar-refractivity contribution is 5.98. The number of rotatable bonds is 4. The number of amides is 2. The summed E-state index contributed by atoms with van der Waals surface area (Å²) in [6.07, 6.45) is 5.82. The Kier molecular flexibility index (Phi) is 6.31. The number of halogens is 1. The van der Waals surface area contributed by atoms with Gasteiger partial charge in [0.2, 0.25) is 5.91 Å². The van der Waals surface area contributed by atoms with Gasteiger partial charge in [-0.1, -0.05) is 23.4 Å². The van der Waals surface area contributed by atoms with Crippen molar-refractivity contribution >= 4 is 29.9 Å². The maximum absolute atomic E-state index is 12.5. The van der Waals surface area contributed by atoms with Crippen molar-refractivity contribution < 1.29 is 9.59 Å². The third-order valence-corrected chi connectivity index (χ3v) is 5.39. The lowest BCUT2D eigenvalue weighted by atomic mass is 9.92. The van der Waals surface area contributed by atoms with Crippen LogP contribution in [0, 0.1) is 0 Å². The van der Waals surface area contributed by atoms with Crippen LogP contribution in [-0.2, 0) is 4.79 Å². The molecule has 1 aliphatic heterocycles. The predicted octanol–water partition coefficient (Wildman–Crippen LogP) is 1.68. The van der Waals surface area contributed by atoms with E-state index in [-0.39, 0.29) is 54.5 Å². The number of aromatic nitrogens is 3. The molecule has 4 rings (SSSR count). The van der Waals surface area contributed by atoms with Crippen LogP contribution in [0.2, 0.25) is 0 Å². The van der Waals surface area contributed by atoms with Gasteiger partial charge in [0.15, 0.2) is 5.69 Å². The molecule has 1 aromatic heterocycles. The van der Waals surface area contributed by atoms with Gasteiger partial charge >= 0.3 is 0 Å². The van der Waals surface area contributed by atoms with Crippen LogP contribution in [0.5, 0.6) is 0 Å². The van der Waals surface area contributed by atoms with E-state index in [0.29, 0.717) is 6.54 Å². The van der Waals surface area contributed by atoms with Crippen molar-refractivity contribution in [3.05, 3.63) is 42.2 Å². The molecule has 1 saturated heterocycles. The van der Waals surface area contributed by atoms with E-state index in [4.69, 9.17) is 5.73 Å². The van der Waals surface area contributed by atoms with E-state index in [2.05, 4.69) is 15.6 Å². The van der Waals surface area contributed by atoms with Gasteiger partial charge in [0, 0.05) is 24.7 Å². The Balaban J connectivity index is 0.00000225. The Morgan fingerprint density at radius 1 is 1.14 bits per heavy atom.